The van der Waals surface area contributed by atoms with Gasteiger partial charge in [-0.05, 0) is 13.3 Å². The second kappa shape index (κ2) is 5.20. The fourth-order valence-electron chi connectivity index (χ4n) is 1.14. The Bertz CT molecular complexity index is 382. The predicted octanol–water partition coefficient (Wildman–Crippen LogP) is 2.34. The molecule has 1 unspecified atom stereocenters. The highest BCUT2D eigenvalue weighted by molar-refractivity contribution is 5.33. The quantitative estimate of drug-likeness (QED) is 0.889. The van der Waals surface area contributed by atoms with Crippen molar-refractivity contribution < 1.29 is 17.9 Å². The highest BCUT2D eigenvalue weighted by Crippen LogP contribution is 2.24. The molecule has 0 aliphatic heterocycles. The third kappa shape index (κ3) is 4.08. The van der Waals surface area contributed by atoms with Crippen LogP contribution in [-0.2, 0) is 6.42 Å². The summed E-state index contributed by atoms with van der Waals surface area (Å²) in [7, 11) is 0. The topological polar surface area (TPSA) is 61.0 Å². The predicted molar refractivity (Wildman–Crippen MR) is 56.6 cm³/mol. The molecule has 1 heterocycles. The number of ether oxygens (including phenoxy) is 1. The first kappa shape index (κ1) is 13.5. The number of halogens is 3. The number of aryl methyl sites for hydroxylation is 1. The molecule has 1 aromatic heterocycles. The van der Waals surface area contributed by atoms with Gasteiger partial charge >= 0.3 is 6.18 Å². The summed E-state index contributed by atoms with van der Waals surface area (Å²) in [4.78, 5) is 7.76. The minimum Gasteiger partial charge on any atom is -0.465 e. The molecular formula is C10H14F3N3O. The van der Waals surface area contributed by atoms with Crippen molar-refractivity contribution in [3.05, 3.63) is 11.9 Å². The Balaban J connectivity index is 2.84. The van der Waals surface area contributed by atoms with Crippen LogP contribution in [-0.4, -0.2) is 22.2 Å². The Morgan fingerprint density at radius 1 is 1.41 bits per heavy atom. The van der Waals surface area contributed by atoms with Crippen LogP contribution in [0.25, 0.3) is 0 Å². The smallest absolute Gasteiger partial charge is 0.425 e. The number of anilines is 1. The molecule has 0 radical (unpaired) electrons. The lowest BCUT2D eigenvalue weighted by Crippen LogP contribution is -2.31. The molecule has 0 spiro atoms. The molecule has 2 N–H and O–H groups in total. The summed E-state index contributed by atoms with van der Waals surface area (Å²) in [5.41, 5.74) is 5.46. The molecule has 0 aliphatic carbocycles. The van der Waals surface area contributed by atoms with E-state index in [0.29, 0.717) is 12.2 Å². The van der Waals surface area contributed by atoms with E-state index in [1.807, 2.05) is 6.92 Å². The highest BCUT2D eigenvalue weighted by Gasteiger charge is 2.38. The first-order chi connectivity index (χ1) is 7.82. The van der Waals surface area contributed by atoms with Gasteiger partial charge in [-0.25, -0.2) is 4.98 Å². The van der Waals surface area contributed by atoms with E-state index in [1.54, 1.807) is 0 Å². The Morgan fingerprint density at radius 3 is 2.59 bits per heavy atom. The fourth-order valence-corrected chi connectivity index (χ4v) is 1.14. The number of nitrogen functional groups attached to an aromatic ring is 1. The molecular weight excluding hydrogens is 235 g/mol. The van der Waals surface area contributed by atoms with Gasteiger partial charge in [0.2, 0.25) is 5.88 Å². The number of aromatic nitrogens is 2. The summed E-state index contributed by atoms with van der Waals surface area (Å²) in [6, 6.07) is 1.18. The second-order valence-corrected chi connectivity index (χ2v) is 3.60. The van der Waals surface area contributed by atoms with Crippen LogP contribution in [0.5, 0.6) is 5.88 Å². The number of rotatable bonds is 4. The number of nitrogens with two attached hydrogens (primary N) is 1. The largest absolute Gasteiger partial charge is 0.465 e. The lowest BCUT2D eigenvalue weighted by molar-refractivity contribution is -0.190. The normalized spacial score (nSPS) is 13.5. The van der Waals surface area contributed by atoms with Crippen molar-refractivity contribution in [3.63, 3.8) is 0 Å². The summed E-state index contributed by atoms with van der Waals surface area (Å²) in [6.07, 6.45) is -5.03. The van der Waals surface area contributed by atoms with Crippen molar-refractivity contribution in [2.24, 2.45) is 0 Å². The standard InChI is InChI=1S/C10H14F3N3O/c1-3-4-8-15-7(14)5-9(16-8)17-6(2)10(11,12)13/h5-6H,3-4H2,1-2H3,(H2,14,15,16). The van der Waals surface area contributed by atoms with E-state index >= 15 is 0 Å². The van der Waals surface area contributed by atoms with Crippen LogP contribution in [0.2, 0.25) is 0 Å². The Kier molecular flexibility index (Phi) is 4.14. The molecule has 96 valence electrons. The van der Waals surface area contributed by atoms with E-state index in [4.69, 9.17) is 10.5 Å². The van der Waals surface area contributed by atoms with Gasteiger partial charge in [0.15, 0.2) is 6.10 Å². The van der Waals surface area contributed by atoms with Gasteiger partial charge in [0.25, 0.3) is 0 Å². The Hall–Kier alpha value is -1.53. The molecule has 0 amide bonds. The summed E-state index contributed by atoms with van der Waals surface area (Å²) < 4.78 is 41.5. The van der Waals surface area contributed by atoms with Crippen molar-refractivity contribution in [2.75, 3.05) is 5.73 Å². The summed E-state index contributed by atoms with van der Waals surface area (Å²) >= 11 is 0. The third-order valence-electron chi connectivity index (χ3n) is 2.00. The van der Waals surface area contributed by atoms with Crippen molar-refractivity contribution in [3.8, 4) is 5.88 Å². The van der Waals surface area contributed by atoms with E-state index in [1.165, 1.54) is 6.07 Å². The average molecular weight is 249 g/mol. The zero-order chi connectivity index (χ0) is 13.1. The van der Waals surface area contributed by atoms with Gasteiger partial charge in [-0.15, -0.1) is 0 Å². The maximum absolute atomic E-state index is 12.3. The van der Waals surface area contributed by atoms with Gasteiger partial charge in [-0.1, -0.05) is 6.92 Å². The van der Waals surface area contributed by atoms with Crippen molar-refractivity contribution in [1.82, 2.24) is 9.97 Å². The maximum atomic E-state index is 12.3. The van der Waals surface area contributed by atoms with E-state index in [2.05, 4.69) is 9.97 Å². The minimum atomic E-state index is -4.43. The first-order valence-corrected chi connectivity index (χ1v) is 5.19. The molecule has 4 nitrogen and oxygen atoms in total. The van der Waals surface area contributed by atoms with E-state index in [0.717, 1.165) is 13.3 Å². The van der Waals surface area contributed by atoms with Crippen LogP contribution >= 0.6 is 0 Å². The second-order valence-electron chi connectivity index (χ2n) is 3.60. The Labute approximate surface area is 97.0 Å². The highest BCUT2D eigenvalue weighted by atomic mass is 19.4. The maximum Gasteiger partial charge on any atom is 0.425 e. The van der Waals surface area contributed by atoms with Crippen LogP contribution in [0.4, 0.5) is 19.0 Å². The number of hydrogen-bond donors (Lipinski definition) is 1. The third-order valence-corrected chi connectivity index (χ3v) is 2.00. The number of alkyl halides is 3. The summed E-state index contributed by atoms with van der Waals surface area (Å²) in [5.74, 6) is 0.343. The molecule has 0 bridgehead atoms. The van der Waals surface area contributed by atoms with Crippen molar-refractivity contribution in [1.29, 1.82) is 0 Å². The SMILES string of the molecule is CCCc1nc(N)cc(OC(C)C(F)(F)F)n1. The van der Waals surface area contributed by atoms with E-state index < -0.39 is 12.3 Å². The molecule has 1 rings (SSSR count). The molecule has 0 fully saturated rings. The number of nitrogens with zero attached hydrogens (tertiary/aromatic N) is 2. The van der Waals surface area contributed by atoms with E-state index in [-0.39, 0.29) is 11.7 Å². The van der Waals surface area contributed by atoms with Crippen LogP contribution in [0.3, 0.4) is 0 Å². The summed E-state index contributed by atoms with van der Waals surface area (Å²) in [5, 5.41) is 0. The molecule has 0 aromatic carbocycles. The van der Waals surface area contributed by atoms with Gasteiger partial charge in [0.05, 0.1) is 0 Å². The lowest BCUT2D eigenvalue weighted by atomic mass is 10.3. The van der Waals surface area contributed by atoms with Crippen LogP contribution in [0.1, 0.15) is 26.1 Å². The lowest BCUT2D eigenvalue weighted by Gasteiger charge is -2.17. The van der Waals surface area contributed by atoms with Crippen molar-refractivity contribution >= 4 is 5.82 Å². The monoisotopic (exact) mass is 249 g/mol. The van der Waals surface area contributed by atoms with Crippen LogP contribution in [0.15, 0.2) is 6.07 Å². The fraction of sp³-hybridized carbons (Fsp3) is 0.600. The molecule has 0 aliphatic rings. The molecule has 0 saturated heterocycles. The first-order valence-electron chi connectivity index (χ1n) is 5.19. The van der Waals surface area contributed by atoms with Crippen LogP contribution < -0.4 is 10.5 Å². The molecule has 17 heavy (non-hydrogen) atoms. The van der Waals surface area contributed by atoms with Gasteiger partial charge < -0.3 is 10.5 Å². The van der Waals surface area contributed by atoms with Crippen LogP contribution in [0, 0.1) is 0 Å². The molecule has 7 heteroatoms. The molecule has 0 saturated carbocycles. The average Bonchev–Trinajstić information content (AvgIpc) is 2.15. The van der Waals surface area contributed by atoms with Gasteiger partial charge in [-0.2, -0.15) is 18.2 Å². The van der Waals surface area contributed by atoms with E-state index in [9.17, 15) is 13.2 Å². The van der Waals surface area contributed by atoms with Gasteiger partial charge in [0, 0.05) is 12.5 Å². The minimum absolute atomic E-state index is 0.104. The molecule has 1 aromatic rings. The Morgan fingerprint density at radius 2 is 2.06 bits per heavy atom. The van der Waals surface area contributed by atoms with Gasteiger partial charge in [-0.3, -0.25) is 0 Å². The summed E-state index contributed by atoms with van der Waals surface area (Å²) in [6.45, 7) is 2.82. The molecule has 1 atom stereocenters. The zero-order valence-corrected chi connectivity index (χ0v) is 9.58. The number of hydrogen-bond acceptors (Lipinski definition) is 4. The zero-order valence-electron chi connectivity index (χ0n) is 9.58. The van der Waals surface area contributed by atoms with Crippen molar-refractivity contribution in [2.45, 2.75) is 39.0 Å². The van der Waals surface area contributed by atoms with Gasteiger partial charge in [0.1, 0.15) is 11.6 Å².